The fourth-order valence-corrected chi connectivity index (χ4v) is 9.24. The Kier molecular flexibility index (Phi) is 3.84. The van der Waals surface area contributed by atoms with E-state index < -0.39 is 34.7 Å². The maximum Gasteiger partial charge on any atom is 0.339 e. The van der Waals surface area contributed by atoms with Gasteiger partial charge >= 0.3 is 5.97 Å². The first kappa shape index (κ1) is 20.9. The molecule has 3 heterocycles. The van der Waals surface area contributed by atoms with Crippen molar-refractivity contribution in [3.63, 3.8) is 0 Å². The van der Waals surface area contributed by atoms with Crippen molar-refractivity contribution in [3.8, 4) is 0 Å². The van der Waals surface area contributed by atoms with Crippen molar-refractivity contribution < 1.29 is 28.6 Å². The molecule has 0 amide bonds. The molecule has 9 atom stereocenters. The minimum atomic E-state index is -0.856. The average molecular weight is 443 g/mol. The number of carbonyl (C=O) groups excluding carboxylic acids is 2. The molecule has 1 N–H and O–H groups in total. The van der Waals surface area contributed by atoms with Crippen molar-refractivity contribution in [2.75, 3.05) is 0 Å². The number of furan rings is 1. The van der Waals surface area contributed by atoms with Crippen LogP contribution in [0.5, 0.6) is 0 Å². The minimum absolute atomic E-state index is 0.0928. The Morgan fingerprint density at radius 1 is 1.00 bits per heavy atom. The molecule has 9 unspecified atom stereocenters. The lowest BCUT2D eigenvalue weighted by molar-refractivity contribution is -0.230. The third kappa shape index (κ3) is 2.02. The van der Waals surface area contributed by atoms with E-state index >= 15 is 0 Å². The molecule has 6 rings (SSSR count). The molecule has 2 saturated heterocycles. The monoisotopic (exact) mass is 442 g/mol. The summed E-state index contributed by atoms with van der Waals surface area (Å²) in [6.07, 6.45) is 5.41. The largest absolute Gasteiger partial charge is 0.472 e. The molecule has 0 radical (unpaired) electrons. The molecule has 1 aromatic heterocycles. The van der Waals surface area contributed by atoms with Crippen LogP contribution in [0.1, 0.15) is 78.4 Å². The van der Waals surface area contributed by atoms with E-state index in [2.05, 4.69) is 34.6 Å². The fourth-order valence-electron chi connectivity index (χ4n) is 9.24. The zero-order chi connectivity index (χ0) is 22.9. The number of cyclic esters (lactones) is 1. The lowest BCUT2D eigenvalue weighted by Gasteiger charge is -2.68. The second kappa shape index (κ2) is 5.87. The molecule has 5 fully saturated rings. The number of carbonyl (C=O) groups is 2. The van der Waals surface area contributed by atoms with E-state index in [-0.39, 0.29) is 34.4 Å². The maximum absolute atomic E-state index is 14.1. The van der Waals surface area contributed by atoms with E-state index in [0.717, 1.165) is 31.2 Å². The van der Waals surface area contributed by atoms with Gasteiger partial charge in [0.2, 0.25) is 0 Å². The SMILES string of the molecule is CC1(C)C(O)CCC2(C)C1CC(=O)C1(C)C2CCC2(C)C(c3ccoc3)OC(=O)C3OC321. The minimum Gasteiger partial charge on any atom is -0.472 e. The van der Waals surface area contributed by atoms with Gasteiger partial charge in [-0.2, -0.15) is 0 Å². The van der Waals surface area contributed by atoms with Crippen LogP contribution < -0.4 is 0 Å². The second-order valence-electron chi connectivity index (χ2n) is 12.4. The van der Waals surface area contributed by atoms with Crippen LogP contribution in [0.3, 0.4) is 0 Å². The maximum atomic E-state index is 14.1. The number of ether oxygens (including phenoxy) is 2. The van der Waals surface area contributed by atoms with Crippen LogP contribution in [0, 0.1) is 33.5 Å². The Morgan fingerprint density at radius 3 is 2.44 bits per heavy atom. The van der Waals surface area contributed by atoms with Crippen molar-refractivity contribution >= 4 is 11.8 Å². The molecule has 2 aliphatic heterocycles. The highest BCUT2D eigenvalue weighted by Crippen LogP contribution is 2.79. The number of hydrogen-bond donors (Lipinski definition) is 1. The molecule has 1 aromatic rings. The molecular weight excluding hydrogens is 408 g/mol. The predicted octanol–water partition coefficient (Wildman–Crippen LogP) is 4.21. The van der Waals surface area contributed by atoms with Crippen molar-refractivity contribution in [1.82, 2.24) is 0 Å². The lowest BCUT2D eigenvalue weighted by Crippen LogP contribution is -2.72. The summed E-state index contributed by atoms with van der Waals surface area (Å²) in [6, 6.07) is 1.85. The molecule has 0 bridgehead atoms. The second-order valence-corrected chi connectivity index (χ2v) is 12.4. The van der Waals surface area contributed by atoms with Gasteiger partial charge in [0.25, 0.3) is 0 Å². The number of hydrogen-bond acceptors (Lipinski definition) is 6. The number of aliphatic hydroxyl groups is 1. The summed E-state index contributed by atoms with van der Waals surface area (Å²) in [4.78, 5) is 27.2. The van der Waals surface area contributed by atoms with Gasteiger partial charge in [-0.1, -0.05) is 27.7 Å². The quantitative estimate of drug-likeness (QED) is 0.518. The highest BCUT2D eigenvalue weighted by Gasteiger charge is 2.88. The van der Waals surface area contributed by atoms with Crippen LogP contribution in [0.25, 0.3) is 0 Å². The Labute approximate surface area is 189 Å². The normalized spacial score (nSPS) is 53.4. The van der Waals surface area contributed by atoms with Gasteiger partial charge < -0.3 is 19.0 Å². The number of rotatable bonds is 1. The predicted molar refractivity (Wildman–Crippen MR) is 114 cm³/mol. The molecule has 5 aliphatic rings. The number of fused-ring (bicyclic) bond motifs is 3. The van der Waals surface area contributed by atoms with E-state index in [1.165, 1.54) is 0 Å². The number of ketones is 1. The third-order valence-electron chi connectivity index (χ3n) is 11.0. The van der Waals surface area contributed by atoms with E-state index in [4.69, 9.17) is 13.9 Å². The Morgan fingerprint density at radius 2 is 1.75 bits per heavy atom. The van der Waals surface area contributed by atoms with Crippen LogP contribution in [-0.4, -0.2) is 34.7 Å². The Balaban J connectivity index is 1.50. The Bertz CT molecular complexity index is 998. The van der Waals surface area contributed by atoms with Crippen LogP contribution in [0.4, 0.5) is 0 Å². The van der Waals surface area contributed by atoms with Gasteiger partial charge in [-0.15, -0.1) is 0 Å². The van der Waals surface area contributed by atoms with Crippen LogP contribution in [0.2, 0.25) is 0 Å². The molecule has 6 nitrogen and oxygen atoms in total. The summed E-state index contributed by atoms with van der Waals surface area (Å²) in [5.74, 6) is 0.0285. The lowest BCUT2D eigenvalue weighted by atomic mass is 9.35. The van der Waals surface area contributed by atoms with E-state index in [9.17, 15) is 14.7 Å². The Hall–Kier alpha value is -1.66. The number of esters is 1. The van der Waals surface area contributed by atoms with Gasteiger partial charge in [-0.3, -0.25) is 4.79 Å². The van der Waals surface area contributed by atoms with Gasteiger partial charge in [-0.05, 0) is 61.3 Å². The van der Waals surface area contributed by atoms with Crippen molar-refractivity contribution in [1.29, 1.82) is 0 Å². The zero-order valence-corrected chi connectivity index (χ0v) is 19.6. The van der Waals surface area contributed by atoms with Crippen LogP contribution in [0.15, 0.2) is 23.0 Å². The average Bonchev–Trinajstić information content (AvgIpc) is 3.30. The van der Waals surface area contributed by atoms with Crippen molar-refractivity contribution in [2.24, 2.45) is 33.5 Å². The van der Waals surface area contributed by atoms with Crippen molar-refractivity contribution in [2.45, 2.75) is 90.6 Å². The first-order valence-electron chi connectivity index (χ1n) is 12.1. The first-order chi connectivity index (χ1) is 14.9. The molecule has 1 spiro atoms. The van der Waals surface area contributed by atoms with Crippen LogP contribution >= 0.6 is 0 Å². The zero-order valence-electron chi connectivity index (χ0n) is 19.6. The summed E-state index contributed by atoms with van der Waals surface area (Å²) in [5, 5.41) is 10.8. The fraction of sp³-hybridized carbons (Fsp3) is 0.769. The molecule has 32 heavy (non-hydrogen) atoms. The summed E-state index contributed by atoms with van der Waals surface area (Å²) >= 11 is 0. The van der Waals surface area contributed by atoms with Gasteiger partial charge in [-0.25, -0.2) is 4.79 Å². The van der Waals surface area contributed by atoms with Gasteiger partial charge in [0.1, 0.15) is 17.5 Å². The van der Waals surface area contributed by atoms with Gasteiger partial charge in [0.15, 0.2) is 6.10 Å². The molecule has 3 saturated carbocycles. The molecule has 0 aromatic carbocycles. The van der Waals surface area contributed by atoms with E-state index in [0.29, 0.717) is 6.42 Å². The molecule has 6 heteroatoms. The molecule has 3 aliphatic carbocycles. The van der Waals surface area contributed by atoms with Crippen molar-refractivity contribution in [3.05, 3.63) is 24.2 Å². The smallest absolute Gasteiger partial charge is 0.339 e. The summed E-state index contributed by atoms with van der Waals surface area (Å²) in [6.45, 7) is 10.8. The van der Waals surface area contributed by atoms with Gasteiger partial charge in [0.05, 0.1) is 24.0 Å². The first-order valence-corrected chi connectivity index (χ1v) is 12.1. The number of aliphatic hydroxyl groups excluding tert-OH is 1. The summed E-state index contributed by atoms with van der Waals surface area (Å²) in [7, 11) is 0. The summed E-state index contributed by atoms with van der Waals surface area (Å²) < 4.78 is 17.6. The van der Waals surface area contributed by atoms with E-state index in [1.807, 2.05) is 6.07 Å². The topological polar surface area (TPSA) is 89.3 Å². The highest BCUT2D eigenvalue weighted by atomic mass is 16.7. The summed E-state index contributed by atoms with van der Waals surface area (Å²) in [5.41, 5.74) is -1.73. The molecule has 174 valence electrons. The molecular formula is C26H34O6. The van der Waals surface area contributed by atoms with E-state index in [1.54, 1.807) is 12.5 Å². The van der Waals surface area contributed by atoms with Gasteiger partial charge in [0, 0.05) is 17.4 Å². The standard InChI is InChI=1S/C26H34O6/c1-22(2)16-12-18(28)25(5)15(23(16,3)9-7-17(22)27)6-10-24(4)19(14-8-11-30-13-14)31-21(29)20-26(24,25)32-20/h8,11,13,15-17,19-20,27H,6-7,9-10,12H2,1-5H3. The third-order valence-corrected chi connectivity index (χ3v) is 11.0. The highest BCUT2D eigenvalue weighted by molar-refractivity contribution is 5.93. The number of Topliss-reactive ketones (excluding diaryl/α,β-unsaturated/α-hetero) is 1. The number of epoxide rings is 1. The van der Waals surface area contributed by atoms with Crippen LogP contribution in [-0.2, 0) is 19.1 Å².